The number of nitro groups is 1. The molecule has 5 rings (SSSR count). The number of hydrogen-bond acceptors (Lipinski definition) is 8. The molecule has 0 bridgehead atoms. The Bertz CT molecular complexity index is 1340. The van der Waals surface area contributed by atoms with Crippen LogP contribution >= 0.6 is 0 Å². The van der Waals surface area contributed by atoms with Gasteiger partial charge in [-0.25, -0.2) is 0 Å². The van der Waals surface area contributed by atoms with E-state index >= 15 is 0 Å². The van der Waals surface area contributed by atoms with Crippen molar-refractivity contribution in [1.29, 1.82) is 0 Å². The quantitative estimate of drug-likeness (QED) is 0.118. The Morgan fingerprint density at radius 2 is 1.14 bits per heavy atom. The summed E-state index contributed by atoms with van der Waals surface area (Å²) in [6.45, 7) is 0.105. The summed E-state index contributed by atoms with van der Waals surface area (Å²) >= 11 is 0. The molecule has 9 nitrogen and oxygen atoms in total. The lowest BCUT2D eigenvalue weighted by molar-refractivity contribution is -0.384. The Morgan fingerprint density at radius 3 is 1.56 bits per heavy atom. The van der Waals surface area contributed by atoms with Gasteiger partial charge in [-0.15, -0.1) is 0 Å². The molecule has 1 aliphatic heterocycles. The molecule has 1 heterocycles. The Kier molecular flexibility index (Phi) is 9.81. The second-order valence-electron chi connectivity index (χ2n) is 10.1. The van der Waals surface area contributed by atoms with Gasteiger partial charge in [0.25, 0.3) is 5.69 Å². The molecule has 0 N–H and O–H groups in total. The van der Waals surface area contributed by atoms with Crippen LogP contribution in [-0.4, -0.2) is 63.6 Å². The third-order valence-electron chi connectivity index (χ3n) is 7.71. The van der Waals surface area contributed by atoms with Crippen LogP contribution in [0, 0.1) is 10.1 Å². The van der Waals surface area contributed by atoms with Gasteiger partial charge in [0.2, 0.25) is 6.29 Å². The number of hydrogen-bond donors (Lipinski definition) is 0. The van der Waals surface area contributed by atoms with Gasteiger partial charge >= 0.3 is 0 Å². The fourth-order valence-corrected chi connectivity index (χ4v) is 5.67. The third-order valence-corrected chi connectivity index (χ3v) is 7.71. The zero-order valence-corrected chi connectivity index (χ0v) is 24.3. The fourth-order valence-electron chi connectivity index (χ4n) is 5.67. The van der Waals surface area contributed by atoms with E-state index in [1.54, 1.807) is 21.3 Å². The van der Waals surface area contributed by atoms with Gasteiger partial charge in [0.1, 0.15) is 35.8 Å². The van der Waals surface area contributed by atoms with Crippen molar-refractivity contribution in [3.05, 3.63) is 142 Å². The second kappa shape index (κ2) is 13.9. The van der Waals surface area contributed by atoms with Crippen LogP contribution in [0.1, 0.15) is 16.7 Å². The lowest BCUT2D eigenvalue weighted by Crippen LogP contribution is -2.62. The first kappa shape index (κ1) is 30.3. The zero-order valence-electron chi connectivity index (χ0n) is 24.3. The van der Waals surface area contributed by atoms with E-state index < -0.39 is 41.2 Å². The average Bonchev–Trinajstić information content (AvgIpc) is 3.06. The van der Waals surface area contributed by atoms with E-state index in [0.717, 1.165) is 16.7 Å². The minimum Gasteiger partial charge on any atom is -0.462 e. The molecule has 1 saturated heterocycles. The van der Waals surface area contributed by atoms with E-state index in [1.807, 2.05) is 54.6 Å². The first-order valence-corrected chi connectivity index (χ1v) is 14.0. The second-order valence-corrected chi connectivity index (χ2v) is 10.1. The Morgan fingerprint density at radius 1 is 0.674 bits per heavy atom. The van der Waals surface area contributed by atoms with Crippen molar-refractivity contribution >= 4 is 5.69 Å². The SMILES string of the molecule is CO[C@H]1[C@@H](OC)[C@@H](COC(c2ccccc2)(c2ccccc2)c2ccccc2)O[C@@H](Oc2ccc([N+](=O)[O-])cc2)[C@@H]1OC. The number of nitro benzene ring substituents is 1. The molecule has 0 unspecified atom stereocenters. The number of nitrogens with zero attached hydrogens (tertiary/aromatic N) is 1. The van der Waals surface area contributed by atoms with Crippen molar-refractivity contribution in [1.82, 2.24) is 0 Å². The summed E-state index contributed by atoms with van der Waals surface area (Å²) in [5, 5.41) is 11.1. The fraction of sp³-hybridized carbons (Fsp3) is 0.294. The van der Waals surface area contributed by atoms with Gasteiger partial charge in [-0.2, -0.15) is 0 Å². The predicted molar refractivity (Wildman–Crippen MR) is 160 cm³/mol. The van der Waals surface area contributed by atoms with Crippen LogP contribution in [0.2, 0.25) is 0 Å². The van der Waals surface area contributed by atoms with E-state index in [9.17, 15) is 10.1 Å². The Balaban J connectivity index is 1.51. The van der Waals surface area contributed by atoms with Crippen LogP contribution in [0.5, 0.6) is 5.75 Å². The summed E-state index contributed by atoms with van der Waals surface area (Å²) in [4.78, 5) is 10.7. The van der Waals surface area contributed by atoms with Crippen molar-refractivity contribution in [2.24, 2.45) is 0 Å². The van der Waals surface area contributed by atoms with Gasteiger partial charge in [-0.05, 0) is 28.8 Å². The summed E-state index contributed by atoms with van der Waals surface area (Å²) in [6.07, 6.45) is -3.36. The van der Waals surface area contributed by atoms with Crippen LogP contribution in [0.15, 0.2) is 115 Å². The molecule has 5 atom stereocenters. The summed E-state index contributed by atoms with van der Waals surface area (Å²) in [5.41, 5.74) is 1.84. The van der Waals surface area contributed by atoms with Crippen LogP contribution in [-0.2, 0) is 29.3 Å². The molecule has 9 heteroatoms. The molecule has 4 aromatic carbocycles. The van der Waals surface area contributed by atoms with Crippen molar-refractivity contribution in [2.75, 3.05) is 27.9 Å². The van der Waals surface area contributed by atoms with Crippen molar-refractivity contribution < 1.29 is 33.3 Å². The predicted octanol–water partition coefficient (Wildman–Crippen LogP) is 5.75. The van der Waals surface area contributed by atoms with Crippen molar-refractivity contribution in [2.45, 2.75) is 36.3 Å². The van der Waals surface area contributed by atoms with Gasteiger partial charge in [0, 0.05) is 33.5 Å². The Labute approximate surface area is 251 Å². The average molecular weight is 586 g/mol. The maximum atomic E-state index is 11.1. The molecule has 0 radical (unpaired) electrons. The number of methoxy groups -OCH3 is 3. The van der Waals surface area contributed by atoms with E-state index in [4.69, 9.17) is 28.4 Å². The van der Waals surface area contributed by atoms with Gasteiger partial charge in [-0.1, -0.05) is 91.0 Å². The van der Waals surface area contributed by atoms with Crippen molar-refractivity contribution in [3.63, 3.8) is 0 Å². The largest absolute Gasteiger partial charge is 0.462 e. The molecule has 43 heavy (non-hydrogen) atoms. The minimum atomic E-state index is -0.971. The third kappa shape index (κ3) is 6.31. The van der Waals surface area contributed by atoms with E-state index in [0.29, 0.717) is 5.75 Å². The molecule has 1 fully saturated rings. The highest BCUT2D eigenvalue weighted by Gasteiger charge is 2.49. The lowest BCUT2D eigenvalue weighted by Gasteiger charge is -2.45. The molecule has 1 aliphatic rings. The highest BCUT2D eigenvalue weighted by Crippen LogP contribution is 2.41. The minimum absolute atomic E-state index is 0.0419. The molecular weight excluding hydrogens is 550 g/mol. The summed E-state index contributed by atoms with van der Waals surface area (Å²) < 4.78 is 37.3. The first-order chi connectivity index (χ1) is 21.0. The standard InChI is InChI=1S/C34H35NO8/c1-38-30-29(43-33(32(40-3)31(30)39-2)42-28-21-19-27(20-22-28)35(36)37)23-41-34(24-13-7-4-8-14-24,25-15-9-5-10-16-25)26-17-11-6-12-18-26/h4-22,29-33H,23H2,1-3H3/t29-,30+,31+,32-,33-/m1/s1. The van der Waals surface area contributed by atoms with E-state index in [2.05, 4.69) is 36.4 Å². The smallest absolute Gasteiger partial charge is 0.269 e. The van der Waals surface area contributed by atoms with E-state index in [-0.39, 0.29) is 12.3 Å². The van der Waals surface area contributed by atoms with Crippen LogP contribution < -0.4 is 4.74 Å². The molecule has 4 aromatic rings. The monoisotopic (exact) mass is 585 g/mol. The molecule has 0 aromatic heterocycles. The Hall–Kier alpha value is -4.12. The first-order valence-electron chi connectivity index (χ1n) is 14.0. The van der Waals surface area contributed by atoms with Crippen LogP contribution in [0.4, 0.5) is 5.69 Å². The number of benzene rings is 4. The van der Waals surface area contributed by atoms with Gasteiger partial charge in [0.15, 0.2) is 0 Å². The topological polar surface area (TPSA) is 98.5 Å². The summed E-state index contributed by atoms with van der Waals surface area (Å²) in [7, 11) is 4.72. The highest BCUT2D eigenvalue weighted by atomic mass is 16.7. The molecule has 0 spiro atoms. The molecular formula is C34H35NO8. The van der Waals surface area contributed by atoms with Crippen LogP contribution in [0.3, 0.4) is 0 Å². The van der Waals surface area contributed by atoms with E-state index in [1.165, 1.54) is 24.3 Å². The number of ether oxygens (including phenoxy) is 6. The molecule has 0 aliphatic carbocycles. The van der Waals surface area contributed by atoms with Gasteiger partial charge < -0.3 is 28.4 Å². The summed E-state index contributed by atoms with van der Waals surface area (Å²) in [6, 6.07) is 36.0. The normalized spacial score (nSPS) is 22.2. The lowest BCUT2D eigenvalue weighted by atomic mass is 9.80. The molecule has 0 saturated carbocycles. The molecule has 0 amide bonds. The molecule has 224 valence electrons. The maximum Gasteiger partial charge on any atom is 0.269 e. The number of rotatable bonds is 12. The zero-order chi connectivity index (χ0) is 30.2. The van der Waals surface area contributed by atoms with Crippen molar-refractivity contribution in [3.8, 4) is 5.75 Å². The number of non-ortho nitro benzene ring substituents is 1. The van der Waals surface area contributed by atoms with Gasteiger partial charge in [0.05, 0.1) is 11.5 Å². The van der Waals surface area contributed by atoms with Crippen LogP contribution in [0.25, 0.3) is 0 Å². The summed E-state index contributed by atoms with van der Waals surface area (Å²) in [5.74, 6) is 0.384. The van der Waals surface area contributed by atoms with Gasteiger partial charge in [-0.3, -0.25) is 10.1 Å². The maximum absolute atomic E-state index is 11.1. The highest BCUT2D eigenvalue weighted by molar-refractivity contribution is 5.47.